The van der Waals surface area contributed by atoms with Gasteiger partial charge in [-0.25, -0.2) is 0 Å². The van der Waals surface area contributed by atoms with Crippen LogP contribution in [0.3, 0.4) is 0 Å². The molecule has 0 bridgehead atoms. The van der Waals surface area contributed by atoms with Gasteiger partial charge in [0.25, 0.3) is 0 Å². The van der Waals surface area contributed by atoms with Crippen LogP contribution in [-0.2, 0) is 17.6 Å². The molecule has 1 aromatic rings. The zero-order valence-electron chi connectivity index (χ0n) is 11.0. The third kappa shape index (κ3) is 3.03. The van der Waals surface area contributed by atoms with Gasteiger partial charge in [-0.2, -0.15) is 0 Å². The highest BCUT2D eigenvalue weighted by Gasteiger charge is 2.31. The molecule has 2 rings (SSSR count). The number of carboxylic acid groups (broad SMARTS) is 1. The van der Waals surface area contributed by atoms with Crippen molar-refractivity contribution in [1.82, 2.24) is 0 Å². The molecule has 1 aliphatic rings. The smallest absolute Gasteiger partial charge is 0.303 e. The molecule has 0 radical (unpaired) electrons. The molecular weight excluding hydrogens is 228 g/mol. The maximum atomic E-state index is 10.5. The first-order valence-corrected chi connectivity index (χ1v) is 6.49. The Morgan fingerprint density at radius 2 is 2.17 bits per heavy atom. The molecule has 1 aromatic carbocycles. The van der Waals surface area contributed by atoms with E-state index in [1.165, 1.54) is 11.1 Å². The lowest BCUT2D eigenvalue weighted by Crippen LogP contribution is -2.24. The molecule has 1 heterocycles. The van der Waals surface area contributed by atoms with Gasteiger partial charge in [0.05, 0.1) is 0 Å². The highest BCUT2D eigenvalue weighted by atomic mass is 16.5. The Morgan fingerprint density at radius 3 is 2.89 bits per heavy atom. The first-order valence-electron chi connectivity index (χ1n) is 6.49. The Kier molecular flexibility index (Phi) is 3.60. The summed E-state index contributed by atoms with van der Waals surface area (Å²) in [4.78, 5) is 10.5. The summed E-state index contributed by atoms with van der Waals surface area (Å²) in [6, 6.07) is 6.27. The van der Waals surface area contributed by atoms with Crippen LogP contribution < -0.4 is 4.74 Å². The van der Waals surface area contributed by atoms with Crippen molar-refractivity contribution in [1.29, 1.82) is 0 Å². The predicted octanol–water partition coefficient (Wildman–Crippen LogP) is 3.20. The van der Waals surface area contributed by atoms with Gasteiger partial charge in [0.1, 0.15) is 11.4 Å². The maximum absolute atomic E-state index is 10.5. The lowest BCUT2D eigenvalue weighted by Gasteiger charge is -2.18. The number of para-hydroxylation sites is 1. The number of ether oxygens (including phenoxy) is 1. The van der Waals surface area contributed by atoms with Crippen LogP contribution in [0.4, 0.5) is 0 Å². The van der Waals surface area contributed by atoms with E-state index in [1.807, 2.05) is 0 Å². The second-order valence-corrected chi connectivity index (χ2v) is 5.54. The molecule has 0 saturated heterocycles. The third-order valence-corrected chi connectivity index (χ3v) is 3.26. The first kappa shape index (κ1) is 12.9. The predicted molar refractivity (Wildman–Crippen MR) is 70.0 cm³/mol. The number of carboxylic acids is 1. The molecule has 18 heavy (non-hydrogen) atoms. The minimum atomic E-state index is -0.717. The Balaban J connectivity index is 1.99. The number of carbonyl (C=O) groups is 1. The first-order chi connectivity index (χ1) is 8.48. The molecule has 0 saturated carbocycles. The Bertz CT molecular complexity index is 449. The fourth-order valence-corrected chi connectivity index (χ4v) is 2.47. The number of rotatable bonds is 5. The summed E-state index contributed by atoms with van der Waals surface area (Å²) in [7, 11) is 0. The van der Waals surface area contributed by atoms with Gasteiger partial charge in [-0.1, -0.05) is 18.2 Å². The van der Waals surface area contributed by atoms with Gasteiger partial charge in [0.2, 0.25) is 0 Å². The summed E-state index contributed by atoms with van der Waals surface area (Å²) in [5.41, 5.74) is 2.37. The fraction of sp³-hybridized carbons (Fsp3) is 0.533. The van der Waals surface area contributed by atoms with Crippen LogP contribution in [0.15, 0.2) is 18.2 Å². The highest BCUT2D eigenvalue weighted by Crippen LogP contribution is 2.38. The van der Waals surface area contributed by atoms with Gasteiger partial charge in [0.15, 0.2) is 0 Å². The summed E-state index contributed by atoms with van der Waals surface area (Å²) in [5, 5.41) is 8.61. The second kappa shape index (κ2) is 5.01. The molecular formula is C15H20O3. The summed E-state index contributed by atoms with van der Waals surface area (Å²) in [6.07, 6.45) is 3.72. The average Bonchev–Trinajstić information content (AvgIpc) is 2.58. The van der Waals surface area contributed by atoms with Crippen molar-refractivity contribution >= 4 is 5.97 Å². The summed E-state index contributed by atoms with van der Waals surface area (Å²) >= 11 is 0. The standard InChI is InChI=1S/C15H20O3/c1-15(2)10-12-8-5-7-11(14(12)18-15)6-3-4-9-13(16)17/h5,7-8H,3-4,6,9-10H2,1-2H3,(H,16,17). The highest BCUT2D eigenvalue weighted by molar-refractivity contribution is 5.66. The van der Waals surface area contributed by atoms with E-state index in [0.29, 0.717) is 0 Å². The van der Waals surface area contributed by atoms with E-state index in [9.17, 15) is 4.79 Å². The third-order valence-electron chi connectivity index (χ3n) is 3.26. The van der Waals surface area contributed by atoms with Crippen LogP contribution >= 0.6 is 0 Å². The van der Waals surface area contributed by atoms with Crippen molar-refractivity contribution in [2.75, 3.05) is 0 Å². The SMILES string of the molecule is CC1(C)Cc2cccc(CCCCC(=O)O)c2O1. The van der Waals surface area contributed by atoms with E-state index >= 15 is 0 Å². The quantitative estimate of drug-likeness (QED) is 0.814. The fourth-order valence-electron chi connectivity index (χ4n) is 2.47. The average molecular weight is 248 g/mol. The largest absolute Gasteiger partial charge is 0.487 e. The molecule has 3 nitrogen and oxygen atoms in total. The Hall–Kier alpha value is -1.51. The van der Waals surface area contributed by atoms with E-state index in [4.69, 9.17) is 9.84 Å². The van der Waals surface area contributed by atoms with E-state index in [2.05, 4.69) is 32.0 Å². The lowest BCUT2D eigenvalue weighted by molar-refractivity contribution is -0.137. The number of aliphatic carboxylic acids is 1. The number of hydrogen-bond acceptors (Lipinski definition) is 2. The molecule has 0 spiro atoms. The minimum Gasteiger partial charge on any atom is -0.487 e. The van der Waals surface area contributed by atoms with Crippen molar-refractivity contribution in [2.24, 2.45) is 0 Å². The van der Waals surface area contributed by atoms with Gasteiger partial charge in [-0.05, 0) is 44.2 Å². The van der Waals surface area contributed by atoms with Crippen molar-refractivity contribution in [2.45, 2.75) is 51.6 Å². The van der Waals surface area contributed by atoms with Crippen molar-refractivity contribution in [3.8, 4) is 5.75 Å². The molecule has 98 valence electrons. The molecule has 0 unspecified atom stereocenters. The molecule has 0 atom stereocenters. The monoisotopic (exact) mass is 248 g/mol. The van der Waals surface area contributed by atoms with Crippen molar-refractivity contribution in [3.63, 3.8) is 0 Å². The van der Waals surface area contributed by atoms with Gasteiger partial charge in [-0.15, -0.1) is 0 Å². The van der Waals surface area contributed by atoms with Crippen LogP contribution in [0.25, 0.3) is 0 Å². The van der Waals surface area contributed by atoms with Crippen molar-refractivity contribution < 1.29 is 14.6 Å². The second-order valence-electron chi connectivity index (χ2n) is 5.54. The Labute approximate surface area is 108 Å². The van der Waals surface area contributed by atoms with Gasteiger partial charge < -0.3 is 9.84 Å². The van der Waals surface area contributed by atoms with E-state index in [-0.39, 0.29) is 12.0 Å². The summed E-state index contributed by atoms with van der Waals surface area (Å²) in [5.74, 6) is 0.309. The lowest BCUT2D eigenvalue weighted by atomic mass is 9.99. The number of hydrogen-bond donors (Lipinski definition) is 1. The molecule has 0 aliphatic carbocycles. The van der Waals surface area contributed by atoms with Gasteiger partial charge in [-0.3, -0.25) is 4.79 Å². The molecule has 1 N–H and O–H groups in total. The summed E-state index contributed by atoms with van der Waals surface area (Å²) in [6.45, 7) is 4.20. The zero-order chi connectivity index (χ0) is 13.2. The van der Waals surface area contributed by atoms with Crippen molar-refractivity contribution in [3.05, 3.63) is 29.3 Å². The van der Waals surface area contributed by atoms with E-state index in [0.717, 1.165) is 31.4 Å². The normalized spacial score (nSPS) is 16.1. The summed E-state index contributed by atoms with van der Waals surface area (Å²) < 4.78 is 5.99. The molecule has 0 fully saturated rings. The molecule has 1 aliphatic heterocycles. The van der Waals surface area contributed by atoms with E-state index < -0.39 is 5.97 Å². The molecule has 0 aromatic heterocycles. The number of benzene rings is 1. The van der Waals surface area contributed by atoms with Crippen LogP contribution in [0.5, 0.6) is 5.75 Å². The minimum absolute atomic E-state index is 0.112. The van der Waals surface area contributed by atoms with E-state index in [1.54, 1.807) is 0 Å². The van der Waals surface area contributed by atoms with Crippen LogP contribution in [0, 0.1) is 0 Å². The molecule has 3 heteroatoms. The molecule has 0 amide bonds. The number of aryl methyl sites for hydroxylation is 1. The Morgan fingerprint density at radius 1 is 1.39 bits per heavy atom. The zero-order valence-corrected chi connectivity index (χ0v) is 11.0. The van der Waals surface area contributed by atoms with Crippen LogP contribution in [0.1, 0.15) is 44.2 Å². The van der Waals surface area contributed by atoms with Gasteiger partial charge >= 0.3 is 5.97 Å². The number of unbranched alkanes of at least 4 members (excludes halogenated alkanes) is 1. The number of fused-ring (bicyclic) bond motifs is 1. The van der Waals surface area contributed by atoms with Crippen LogP contribution in [-0.4, -0.2) is 16.7 Å². The van der Waals surface area contributed by atoms with Gasteiger partial charge in [0, 0.05) is 12.8 Å². The topological polar surface area (TPSA) is 46.5 Å². The maximum Gasteiger partial charge on any atom is 0.303 e. The van der Waals surface area contributed by atoms with Crippen LogP contribution in [0.2, 0.25) is 0 Å².